The number of nitrogens with one attached hydrogen (secondary N) is 1. The Hall–Kier alpha value is -1.25. The molecule has 2 rings (SSSR count). The summed E-state index contributed by atoms with van der Waals surface area (Å²) in [6, 6.07) is 4.91. The van der Waals surface area contributed by atoms with E-state index in [0.29, 0.717) is 11.7 Å². The van der Waals surface area contributed by atoms with E-state index in [1.807, 2.05) is 0 Å². The number of anilines is 2. The fourth-order valence-electron chi connectivity index (χ4n) is 2.94. The molecule has 0 bridgehead atoms. The maximum Gasteiger partial charge on any atom is 0.125 e. The summed E-state index contributed by atoms with van der Waals surface area (Å²) in [6.45, 7) is 4.55. The third kappa shape index (κ3) is 3.11. The van der Waals surface area contributed by atoms with Crippen LogP contribution in [0.5, 0.6) is 0 Å². The van der Waals surface area contributed by atoms with Crippen LogP contribution in [0.1, 0.15) is 33.1 Å². The SMILES string of the molecule is CC1CC(C)CC(Nc2cc(F)ccc2N)C1. The predicted octanol–water partition coefficient (Wildman–Crippen LogP) is 3.64. The number of nitrogen functional groups attached to an aromatic ring is 1. The maximum absolute atomic E-state index is 13.2. The molecule has 0 heterocycles. The van der Waals surface area contributed by atoms with Gasteiger partial charge in [-0.25, -0.2) is 4.39 Å². The van der Waals surface area contributed by atoms with Crippen LogP contribution in [0.2, 0.25) is 0 Å². The van der Waals surface area contributed by atoms with Gasteiger partial charge in [0.2, 0.25) is 0 Å². The molecule has 0 radical (unpaired) electrons. The molecular formula is C14H21FN2. The minimum Gasteiger partial charge on any atom is -0.397 e. The van der Waals surface area contributed by atoms with Crippen LogP contribution in [-0.4, -0.2) is 6.04 Å². The number of benzene rings is 1. The lowest BCUT2D eigenvalue weighted by molar-refractivity contribution is 0.281. The van der Waals surface area contributed by atoms with Crippen LogP contribution < -0.4 is 11.1 Å². The van der Waals surface area contributed by atoms with E-state index in [1.54, 1.807) is 6.07 Å². The summed E-state index contributed by atoms with van der Waals surface area (Å²) >= 11 is 0. The van der Waals surface area contributed by atoms with Crippen molar-refractivity contribution in [2.45, 2.75) is 39.2 Å². The minimum absolute atomic E-state index is 0.237. The third-order valence-electron chi connectivity index (χ3n) is 3.55. The van der Waals surface area contributed by atoms with Gasteiger partial charge in [0.15, 0.2) is 0 Å². The molecule has 2 atom stereocenters. The van der Waals surface area contributed by atoms with Gasteiger partial charge in [-0.15, -0.1) is 0 Å². The van der Waals surface area contributed by atoms with E-state index < -0.39 is 0 Å². The van der Waals surface area contributed by atoms with Gasteiger partial charge in [-0.05, 0) is 49.3 Å². The van der Waals surface area contributed by atoms with Gasteiger partial charge in [0.1, 0.15) is 5.82 Å². The summed E-state index contributed by atoms with van der Waals surface area (Å²) in [6.07, 6.45) is 3.57. The van der Waals surface area contributed by atoms with Crippen LogP contribution in [0.15, 0.2) is 18.2 Å². The van der Waals surface area contributed by atoms with Crippen molar-refractivity contribution >= 4 is 11.4 Å². The Morgan fingerprint density at radius 3 is 2.47 bits per heavy atom. The first-order valence-electron chi connectivity index (χ1n) is 6.36. The zero-order valence-corrected chi connectivity index (χ0v) is 10.5. The Bertz CT molecular complexity index is 382. The topological polar surface area (TPSA) is 38.0 Å². The van der Waals surface area contributed by atoms with Crippen molar-refractivity contribution in [3.63, 3.8) is 0 Å². The van der Waals surface area contributed by atoms with Gasteiger partial charge in [0.25, 0.3) is 0 Å². The van der Waals surface area contributed by atoms with Crippen LogP contribution >= 0.6 is 0 Å². The van der Waals surface area contributed by atoms with Crippen molar-refractivity contribution in [2.75, 3.05) is 11.1 Å². The van der Waals surface area contributed by atoms with Crippen LogP contribution in [0, 0.1) is 17.7 Å². The van der Waals surface area contributed by atoms with E-state index in [4.69, 9.17) is 5.73 Å². The Morgan fingerprint density at radius 2 is 1.82 bits per heavy atom. The van der Waals surface area contributed by atoms with Crippen molar-refractivity contribution in [3.8, 4) is 0 Å². The lowest BCUT2D eigenvalue weighted by Crippen LogP contribution is -2.30. The van der Waals surface area contributed by atoms with Gasteiger partial charge < -0.3 is 11.1 Å². The van der Waals surface area contributed by atoms with E-state index in [-0.39, 0.29) is 5.82 Å². The quantitative estimate of drug-likeness (QED) is 0.769. The molecule has 0 aromatic heterocycles. The number of nitrogens with two attached hydrogens (primary N) is 1. The summed E-state index contributed by atoms with van der Waals surface area (Å²) in [4.78, 5) is 0. The van der Waals surface area contributed by atoms with Gasteiger partial charge in [-0.3, -0.25) is 0 Å². The van der Waals surface area contributed by atoms with E-state index >= 15 is 0 Å². The summed E-state index contributed by atoms with van der Waals surface area (Å²) in [5.41, 5.74) is 7.20. The number of hydrogen-bond acceptors (Lipinski definition) is 2. The predicted molar refractivity (Wildman–Crippen MR) is 70.4 cm³/mol. The van der Waals surface area contributed by atoms with Crippen molar-refractivity contribution < 1.29 is 4.39 Å². The first-order chi connectivity index (χ1) is 8.04. The second kappa shape index (κ2) is 4.94. The zero-order valence-electron chi connectivity index (χ0n) is 10.5. The first kappa shape index (κ1) is 12.2. The second-order valence-electron chi connectivity index (χ2n) is 5.49. The molecule has 1 aliphatic rings. The smallest absolute Gasteiger partial charge is 0.125 e. The molecule has 1 aromatic rings. The molecule has 3 N–H and O–H groups in total. The molecule has 0 aliphatic heterocycles. The Morgan fingerprint density at radius 1 is 1.18 bits per heavy atom. The Kier molecular flexibility index (Phi) is 3.55. The van der Waals surface area contributed by atoms with Crippen molar-refractivity contribution in [1.29, 1.82) is 0 Å². The molecule has 0 spiro atoms. The fourth-order valence-corrected chi connectivity index (χ4v) is 2.94. The normalized spacial score (nSPS) is 29.0. The van der Waals surface area contributed by atoms with E-state index in [9.17, 15) is 4.39 Å². The highest BCUT2D eigenvalue weighted by molar-refractivity contribution is 5.66. The van der Waals surface area contributed by atoms with Gasteiger partial charge in [0, 0.05) is 6.04 Å². The van der Waals surface area contributed by atoms with Gasteiger partial charge in [-0.2, -0.15) is 0 Å². The highest BCUT2D eigenvalue weighted by Gasteiger charge is 2.24. The molecular weight excluding hydrogens is 215 g/mol. The van der Waals surface area contributed by atoms with Crippen molar-refractivity contribution in [1.82, 2.24) is 0 Å². The van der Waals surface area contributed by atoms with Gasteiger partial charge >= 0.3 is 0 Å². The highest BCUT2D eigenvalue weighted by Crippen LogP contribution is 2.31. The van der Waals surface area contributed by atoms with Crippen LogP contribution in [0.25, 0.3) is 0 Å². The van der Waals surface area contributed by atoms with Crippen LogP contribution in [0.4, 0.5) is 15.8 Å². The molecule has 2 unspecified atom stereocenters. The standard InChI is InChI=1S/C14H21FN2/c1-9-5-10(2)7-12(6-9)17-14-8-11(15)3-4-13(14)16/h3-4,8-10,12,17H,5-7,16H2,1-2H3. The second-order valence-corrected chi connectivity index (χ2v) is 5.49. The van der Waals surface area contributed by atoms with Gasteiger partial charge in [0.05, 0.1) is 11.4 Å². The van der Waals surface area contributed by atoms with Crippen LogP contribution in [-0.2, 0) is 0 Å². The first-order valence-corrected chi connectivity index (χ1v) is 6.36. The Balaban J connectivity index is 2.07. The van der Waals surface area contributed by atoms with Gasteiger partial charge in [-0.1, -0.05) is 13.8 Å². The lowest BCUT2D eigenvalue weighted by Gasteiger charge is -2.32. The molecule has 1 fully saturated rings. The highest BCUT2D eigenvalue weighted by atomic mass is 19.1. The number of rotatable bonds is 2. The zero-order chi connectivity index (χ0) is 12.4. The third-order valence-corrected chi connectivity index (χ3v) is 3.55. The minimum atomic E-state index is -0.237. The van der Waals surface area contributed by atoms with E-state index in [2.05, 4.69) is 19.2 Å². The molecule has 2 nitrogen and oxygen atoms in total. The van der Waals surface area contributed by atoms with Crippen LogP contribution in [0.3, 0.4) is 0 Å². The Labute approximate surface area is 102 Å². The molecule has 94 valence electrons. The van der Waals surface area contributed by atoms with Crippen molar-refractivity contribution in [2.24, 2.45) is 11.8 Å². The van der Waals surface area contributed by atoms with E-state index in [1.165, 1.54) is 18.6 Å². The molecule has 0 amide bonds. The molecule has 17 heavy (non-hydrogen) atoms. The molecule has 3 heteroatoms. The molecule has 1 saturated carbocycles. The summed E-state index contributed by atoms with van der Waals surface area (Å²) in [7, 11) is 0. The monoisotopic (exact) mass is 236 g/mol. The average Bonchev–Trinajstić information content (AvgIpc) is 2.22. The summed E-state index contributed by atoms with van der Waals surface area (Å²) in [5.74, 6) is 1.22. The van der Waals surface area contributed by atoms with Crippen molar-refractivity contribution in [3.05, 3.63) is 24.0 Å². The largest absolute Gasteiger partial charge is 0.397 e. The maximum atomic E-state index is 13.2. The molecule has 0 saturated heterocycles. The average molecular weight is 236 g/mol. The summed E-state index contributed by atoms with van der Waals surface area (Å²) in [5, 5.41) is 3.39. The summed E-state index contributed by atoms with van der Waals surface area (Å²) < 4.78 is 13.2. The van der Waals surface area contributed by atoms with E-state index in [0.717, 1.165) is 30.4 Å². The number of hydrogen-bond donors (Lipinski definition) is 2. The number of halogens is 1. The lowest BCUT2D eigenvalue weighted by atomic mass is 9.80. The fraction of sp³-hybridized carbons (Fsp3) is 0.571. The molecule has 1 aliphatic carbocycles. The molecule has 1 aromatic carbocycles.